The molecule has 0 aliphatic rings. The molecule has 0 aromatic heterocycles. The molecule has 0 saturated carbocycles. The van der Waals surface area contributed by atoms with Crippen LogP contribution in [0, 0.1) is 11.7 Å². The van der Waals surface area contributed by atoms with Crippen molar-refractivity contribution in [1.82, 2.24) is 10.6 Å². The van der Waals surface area contributed by atoms with Gasteiger partial charge in [-0.15, -0.1) is 0 Å². The Morgan fingerprint density at radius 3 is 2.30 bits per heavy atom. The molecule has 6 heteroatoms. The van der Waals surface area contributed by atoms with Crippen LogP contribution in [0.5, 0.6) is 11.5 Å². The molecule has 0 aliphatic heterocycles. The molecule has 0 bridgehead atoms. The highest BCUT2D eigenvalue weighted by molar-refractivity contribution is 5.78. The van der Waals surface area contributed by atoms with Gasteiger partial charge >= 0.3 is 0 Å². The predicted molar refractivity (Wildman–Crippen MR) is 103 cm³/mol. The minimum absolute atomic E-state index is 0.0302. The van der Waals surface area contributed by atoms with E-state index in [0.29, 0.717) is 18.0 Å². The molecule has 0 saturated heterocycles. The van der Waals surface area contributed by atoms with Gasteiger partial charge in [-0.2, -0.15) is 0 Å². The average molecular weight is 374 g/mol. The normalized spacial score (nSPS) is 11.9. The molecule has 1 atom stereocenters. The molecule has 2 N–H and O–H groups in total. The van der Waals surface area contributed by atoms with E-state index in [2.05, 4.69) is 24.5 Å². The lowest BCUT2D eigenvalue weighted by Gasteiger charge is -2.23. The Kier molecular flexibility index (Phi) is 7.61. The van der Waals surface area contributed by atoms with E-state index in [-0.39, 0.29) is 30.2 Å². The third kappa shape index (κ3) is 5.96. The number of hydrogen-bond donors (Lipinski definition) is 2. The van der Waals surface area contributed by atoms with Gasteiger partial charge in [0.05, 0.1) is 20.8 Å². The molecule has 2 aromatic rings. The summed E-state index contributed by atoms with van der Waals surface area (Å²) in [5.74, 6) is 1.15. The Balaban J connectivity index is 1.90. The van der Waals surface area contributed by atoms with E-state index >= 15 is 0 Å². The van der Waals surface area contributed by atoms with Crippen LogP contribution < -0.4 is 20.1 Å². The highest BCUT2D eigenvalue weighted by Gasteiger charge is 2.16. The highest BCUT2D eigenvalue weighted by Crippen LogP contribution is 2.27. The van der Waals surface area contributed by atoms with E-state index in [1.807, 2.05) is 18.2 Å². The van der Waals surface area contributed by atoms with Gasteiger partial charge in [0.15, 0.2) is 11.5 Å². The van der Waals surface area contributed by atoms with Gasteiger partial charge in [0.1, 0.15) is 5.82 Å². The lowest BCUT2D eigenvalue weighted by Crippen LogP contribution is -2.37. The van der Waals surface area contributed by atoms with Gasteiger partial charge in [0.25, 0.3) is 0 Å². The molecular weight excluding hydrogens is 347 g/mol. The van der Waals surface area contributed by atoms with Gasteiger partial charge in [0, 0.05) is 12.6 Å². The zero-order valence-corrected chi connectivity index (χ0v) is 16.2. The lowest BCUT2D eigenvalue weighted by molar-refractivity contribution is -0.120. The maximum absolute atomic E-state index is 13.1. The van der Waals surface area contributed by atoms with Crippen LogP contribution in [0.4, 0.5) is 4.39 Å². The summed E-state index contributed by atoms with van der Waals surface area (Å²) in [5, 5.41) is 6.14. The molecule has 0 fully saturated rings. The average Bonchev–Trinajstić information content (AvgIpc) is 2.67. The van der Waals surface area contributed by atoms with Crippen molar-refractivity contribution in [3.63, 3.8) is 0 Å². The fraction of sp³-hybridized carbons (Fsp3) is 0.381. The van der Waals surface area contributed by atoms with Crippen molar-refractivity contribution in [2.75, 3.05) is 20.8 Å². The standard InChI is InChI=1S/C21H27FN2O3/c1-14(2)21(16-6-8-17(22)9-7-16)24-13-20(25)23-12-15-5-10-18(26-3)19(11-15)27-4/h5-11,14,21,24H,12-13H2,1-4H3,(H,23,25)/t21-/m0/s1. The number of methoxy groups -OCH3 is 2. The summed E-state index contributed by atoms with van der Waals surface area (Å²) in [6.07, 6.45) is 0. The molecule has 0 heterocycles. The van der Waals surface area contributed by atoms with Gasteiger partial charge < -0.3 is 20.1 Å². The summed E-state index contributed by atoms with van der Waals surface area (Å²) in [7, 11) is 3.16. The Morgan fingerprint density at radius 1 is 1.04 bits per heavy atom. The van der Waals surface area contributed by atoms with Crippen molar-refractivity contribution >= 4 is 5.91 Å². The first-order chi connectivity index (χ1) is 12.9. The van der Waals surface area contributed by atoms with Crippen LogP contribution in [0.15, 0.2) is 42.5 Å². The minimum Gasteiger partial charge on any atom is -0.493 e. The maximum atomic E-state index is 13.1. The second-order valence-electron chi connectivity index (χ2n) is 6.62. The second kappa shape index (κ2) is 9.92. The molecule has 2 rings (SSSR count). The molecule has 0 spiro atoms. The summed E-state index contributed by atoms with van der Waals surface area (Å²) < 4.78 is 23.6. The number of carbonyl (C=O) groups is 1. The predicted octanol–water partition coefficient (Wildman–Crippen LogP) is 3.45. The monoisotopic (exact) mass is 374 g/mol. The number of rotatable bonds is 9. The number of amides is 1. The first kappa shape index (κ1) is 20.7. The molecule has 1 amide bonds. The van der Waals surface area contributed by atoms with Crippen LogP contribution in [-0.4, -0.2) is 26.7 Å². The quantitative estimate of drug-likeness (QED) is 0.706. The van der Waals surface area contributed by atoms with Crippen LogP contribution >= 0.6 is 0 Å². The lowest BCUT2D eigenvalue weighted by atomic mass is 9.96. The zero-order valence-electron chi connectivity index (χ0n) is 16.2. The van der Waals surface area contributed by atoms with Crippen LogP contribution in [0.25, 0.3) is 0 Å². The van der Waals surface area contributed by atoms with Crippen molar-refractivity contribution in [2.24, 2.45) is 5.92 Å². The van der Waals surface area contributed by atoms with Crippen LogP contribution in [0.1, 0.15) is 31.0 Å². The fourth-order valence-electron chi connectivity index (χ4n) is 2.86. The molecule has 146 valence electrons. The first-order valence-electron chi connectivity index (χ1n) is 8.91. The number of hydrogen-bond acceptors (Lipinski definition) is 4. The Bertz CT molecular complexity index is 748. The minimum atomic E-state index is -0.270. The fourth-order valence-corrected chi connectivity index (χ4v) is 2.86. The van der Waals surface area contributed by atoms with E-state index in [1.165, 1.54) is 12.1 Å². The van der Waals surface area contributed by atoms with E-state index in [1.54, 1.807) is 26.4 Å². The van der Waals surface area contributed by atoms with E-state index in [4.69, 9.17) is 9.47 Å². The first-order valence-corrected chi connectivity index (χ1v) is 8.91. The summed E-state index contributed by atoms with van der Waals surface area (Å²) in [6.45, 7) is 4.68. The van der Waals surface area contributed by atoms with Crippen LogP contribution in [-0.2, 0) is 11.3 Å². The highest BCUT2D eigenvalue weighted by atomic mass is 19.1. The molecule has 5 nitrogen and oxygen atoms in total. The Morgan fingerprint density at radius 2 is 1.70 bits per heavy atom. The number of carbonyl (C=O) groups excluding carboxylic acids is 1. The van der Waals surface area contributed by atoms with E-state index in [0.717, 1.165) is 11.1 Å². The van der Waals surface area contributed by atoms with Gasteiger partial charge in [-0.05, 0) is 41.3 Å². The molecule has 0 unspecified atom stereocenters. The summed E-state index contributed by atoms with van der Waals surface area (Å²) in [5.41, 5.74) is 1.87. The molecular formula is C21H27FN2O3. The summed E-state index contributed by atoms with van der Waals surface area (Å²) >= 11 is 0. The summed E-state index contributed by atoms with van der Waals surface area (Å²) in [4.78, 5) is 12.2. The van der Waals surface area contributed by atoms with Gasteiger partial charge in [-0.3, -0.25) is 4.79 Å². The van der Waals surface area contributed by atoms with Gasteiger partial charge in [-0.25, -0.2) is 4.39 Å². The van der Waals surface area contributed by atoms with Crippen molar-refractivity contribution < 1.29 is 18.7 Å². The van der Waals surface area contributed by atoms with Crippen molar-refractivity contribution in [3.8, 4) is 11.5 Å². The van der Waals surface area contributed by atoms with E-state index < -0.39 is 0 Å². The molecule has 0 radical (unpaired) electrons. The largest absolute Gasteiger partial charge is 0.493 e. The SMILES string of the molecule is COc1ccc(CNC(=O)CN[C@H](c2ccc(F)cc2)C(C)C)cc1OC. The van der Waals surface area contributed by atoms with E-state index in [9.17, 15) is 9.18 Å². The van der Waals surface area contributed by atoms with Gasteiger partial charge in [-0.1, -0.05) is 32.0 Å². The molecule has 27 heavy (non-hydrogen) atoms. The van der Waals surface area contributed by atoms with Crippen molar-refractivity contribution in [1.29, 1.82) is 0 Å². The number of ether oxygens (including phenoxy) is 2. The molecule has 0 aliphatic carbocycles. The number of halogens is 1. The van der Waals surface area contributed by atoms with Crippen molar-refractivity contribution in [3.05, 3.63) is 59.4 Å². The topological polar surface area (TPSA) is 59.6 Å². The van der Waals surface area contributed by atoms with Crippen LogP contribution in [0.3, 0.4) is 0 Å². The third-order valence-electron chi connectivity index (χ3n) is 4.32. The Labute approximate surface area is 159 Å². The van der Waals surface area contributed by atoms with Gasteiger partial charge in [0.2, 0.25) is 5.91 Å². The number of nitrogens with one attached hydrogen (secondary N) is 2. The Hall–Kier alpha value is -2.60. The smallest absolute Gasteiger partial charge is 0.234 e. The van der Waals surface area contributed by atoms with Crippen LogP contribution in [0.2, 0.25) is 0 Å². The van der Waals surface area contributed by atoms with Crippen molar-refractivity contribution in [2.45, 2.75) is 26.4 Å². The number of benzene rings is 2. The second-order valence-corrected chi connectivity index (χ2v) is 6.62. The molecule has 2 aromatic carbocycles. The summed E-state index contributed by atoms with van der Waals surface area (Å²) in [6, 6.07) is 11.8. The maximum Gasteiger partial charge on any atom is 0.234 e. The zero-order chi connectivity index (χ0) is 19.8. The third-order valence-corrected chi connectivity index (χ3v) is 4.32.